The molecule has 0 aliphatic heterocycles. The van der Waals surface area contributed by atoms with Crippen LogP contribution < -0.4 is 4.90 Å². The minimum Gasteiger partial charge on any atom is -0.477 e. The largest absolute Gasteiger partial charge is 0.477 e. The second kappa shape index (κ2) is 9.75. The fourth-order valence-electron chi connectivity index (χ4n) is 4.59. The van der Waals surface area contributed by atoms with E-state index in [0.29, 0.717) is 16.5 Å². The Bertz CT molecular complexity index is 864. The van der Waals surface area contributed by atoms with Gasteiger partial charge in [0.2, 0.25) is 5.91 Å². The average Bonchev–Trinajstić information content (AvgIpc) is 3.34. The number of ether oxygens (including phenoxy) is 1. The molecule has 0 saturated heterocycles. The molecule has 2 saturated carbocycles. The van der Waals surface area contributed by atoms with Gasteiger partial charge in [0.25, 0.3) is 0 Å². The molecule has 1 aromatic rings. The summed E-state index contributed by atoms with van der Waals surface area (Å²) in [5.74, 6) is 6.00. The van der Waals surface area contributed by atoms with Gasteiger partial charge in [-0.3, -0.25) is 4.79 Å². The molecule has 2 fully saturated rings. The lowest BCUT2D eigenvalue weighted by molar-refractivity contribution is -0.124. The molecule has 31 heavy (non-hydrogen) atoms. The van der Waals surface area contributed by atoms with E-state index in [-0.39, 0.29) is 34.3 Å². The van der Waals surface area contributed by atoms with Crippen LogP contribution in [0.4, 0.5) is 5.69 Å². The fourth-order valence-corrected chi connectivity index (χ4v) is 5.43. The normalized spacial score (nSPS) is 26.2. The number of carboxylic acids is 1. The Morgan fingerprint density at radius 1 is 1.16 bits per heavy atom. The van der Waals surface area contributed by atoms with E-state index in [4.69, 9.17) is 4.74 Å². The van der Waals surface area contributed by atoms with Gasteiger partial charge in [-0.05, 0) is 77.7 Å². The molecule has 6 heteroatoms. The Morgan fingerprint density at radius 3 is 2.39 bits per heavy atom. The number of rotatable bonds is 5. The lowest BCUT2D eigenvalue weighted by atomic mass is 9.82. The van der Waals surface area contributed by atoms with Crippen molar-refractivity contribution in [3.63, 3.8) is 0 Å². The summed E-state index contributed by atoms with van der Waals surface area (Å²) in [6, 6.07) is 1.78. The summed E-state index contributed by atoms with van der Waals surface area (Å²) in [7, 11) is 1.70. The monoisotopic (exact) mass is 445 g/mol. The Balaban J connectivity index is 2.00. The van der Waals surface area contributed by atoms with Crippen LogP contribution in [0.1, 0.15) is 87.2 Å². The first-order valence-corrected chi connectivity index (χ1v) is 12.2. The summed E-state index contributed by atoms with van der Waals surface area (Å²) in [5, 5.41) is 9.92. The number of anilines is 1. The minimum absolute atomic E-state index is 0.0343. The van der Waals surface area contributed by atoms with Crippen LogP contribution in [0, 0.1) is 29.1 Å². The number of carbonyl (C=O) groups excluding carboxylic acids is 1. The summed E-state index contributed by atoms with van der Waals surface area (Å²) >= 11 is 1.17. The molecule has 1 aromatic heterocycles. The van der Waals surface area contributed by atoms with Crippen molar-refractivity contribution in [2.75, 3.05) is 12.0 Å². The molecule has 3 rings (SSSR count). The molecule has 170 valence electrons. The SMILES string of the molecule is CO[C@H]1CC[C@H](N(c2cc(C#CC(C)(C)C)sc2C(=O)O)C(=O)[C@H]2CC[C@H](C)CC2)C1. The molecular weight excluding hydrogens is 410 g/mol. The lowest BCUT2D eigenvalue weighted by Crippen LogP contribution is -2.44. The zero-order chi connectivity index (χ0) is 22.8. The number of aromatic carboxylic acids is 1. The first-order valence-electron chi connectivity index (χ1n) is 11.3. The second-order valence-electron chi connectivity index (χ2n) is 10.1. The Hall–Kier alpha value is -1.84. The van der Waals surface area contributed by atoms with Crippen molar-refractivity contribution >= 4 is 28.9 Å². The maximum Gasteiger partial charge on any atom is 0.348 e. The van der Waals surface area contributed by atoms with Crippen molar-refractivity contribution in [2.24, 2.45) is 17.3 Å². The number of carbonyl (C=O) groups is 2. The lowest BCUT2D eigenvalue weighted by Gasteiger charge is -2.34. The van der Waals surface area contributed by atoms with Gasteiger partial charge in [-0.2, -0.15) is 0 Å². The number of amides is 1. The zero-order valence-corrected chi connectivity index (χ0v) is 20.2. The summed E-state index contributed by atoms with van der Waals surface area (Å²) in [4.78, 5) is 28.6. The third-order valence-corrected chi connectivity index (χ3v) is 7.41. The molecule has 5 nitrogen and oxygen atoms in total. The third kappa shape index (κ3) is 5.90. The Morgan fingerprint density at radius 2 is 1.84 bits per heavy atom. The fraction of sp³-hybridized carbons (Fsp3) is 0.680. The van der Waals surface area contributed by atoms with Gasteiger partial charge in [-0.15, -0.1) is 11.3 Å². The van der Waals surface area contributed by atoms with Crippen molar-refractivity contribution in [1.82, 2.24) is 0 Å². The van der Waals surface area contributed by atoms with E-state index in [9.17, 15) is 14.7 Å². The van der Waals surface area contributed by atoms with Gasteiger partial charge in [0.15, 0.2) is 0 Å². The molecule has 1 heterocycles. The van der Waals surface area contributed by atoms with E-state index in [2.05, 4.69) is 18.8 Å². The van der Waals surface area contributed by atoms with Crippen molar-refractivity contribution < 1.29 is 19.4 Å². The van der Waals surface area contributed by atoms with E-state index in [1.165, 1.54) is 11.3 Å². The summed E-state index contributed by atoms with van der Waals surface area (Å²) < 4.78 is 5.55. The Kier molecular flexibility index (Phi) is 7.49. The van der Waals surface area contributed by atoms with Gasteiger partial charge in [-0.25, -0.2) is 4.79 Å². The molecule has 0 aromatic carbocycles. The van der Waals surface area contributed by atoms with E-state index >= 15 is 0 Å². The third-order valence-electron chi connectivity index (χ3n) is 6.38. The number of carboxylic acid groups (broad SMARTS) is 1. The highest BCUT2D eigenvalue weighted by Crippen LogP contribution is 2.39. The second-order valence-corrected chi connectivity index (χ2v) is 11.2. The van der Waals surface area contributed by atoms with Gasteiger partial charge in [0, 0.05) is 24.5 Å². The maximum absolute atomic E-state index is 13.7. The predicted octanol–water partition coefficient (Wildman–Crippen LogP) is 5.57. The smallest absolute Gasteiger partial charge is 0.348 e. The van der Waals surface area contributed by atoms with E-state index in [1.54, 1.807) is 7.11 Å². The molecule has 2 atom stereocenters. The first-order chi connectivity index (χ1) is 14.6. The van der Waals surface area contributed by atoms with Gasteiger partial charge in [0.05, 0.1) is 16.7 Å². The highest BCUT2D eigenvalue weighted by atomic mass is 32.1. The average molecular weight is 446 g/mol. The van der Waals surface area contributed by atoms with Crippen molar-refractivity contribution in [2.45, 2.75) is 84.8 Å². The van der Waals surface area contributed by atoms with Crippen molar-refractivity contribution in [1.29, 1.82) is 0 Å². The Labute approximate surface area is 190 Å². The predicted molar refractivity (Wildman–Crippen MR) is 125 cm³/mol. The van der Waals surface area contributed by atoms with E-state index < -0.39 is 5.97 Å². The molecule has 2 aliphatic carbocycles. The molecule has 1 N–H and O–H groups in total. The van der Waals surface area contributed by atoms with Crippen LogP contribution in [-0.2, 0) is 9.53 Å². The topological polar surface area (TPSA) is 66.8 Å². The van der Waals surface area contributed by atoms with Crippen LogP contribution in [0.5, 0.6) is 0 Å². The van der Waals surface area contributed by atoms with Crippen LogP contribution in [-0.4, -0.2) is 36.2 Å². The summed E-state index contributed by atoms with van der Waals surface area (Å²) in [5.41, 5.74) is 0.333. The molecule has 0 unspecified atom stereocenters. The molecule has 2 aliphatic rings. The maximum atomic E-state index is 13.7. The summed E-state index contributed by atoms with van der Waals surface area (Å²) in [6.45, 7) is 8.31. The van der Waals surface area contributed by atoms with Gasteiger partial charge in [-0.1, -0.05) is 18.8 Å². The van der Waals surface area contributed by atoms with Gasteiger partial charge < -0.3 is 14.7 Å². The molecular formula is C25H35NO4S. The van der Waals surface area contributed by atoms with Gasteiger partial charge in [0.1, 0.15) is 4.88 Å². The summed E-state index contributed by atoms with van der Waals surface area (Å²) in [6.07, 6.45) is 6.41. The standard InChI is InChI=1S/C25H35NO4S/c1-16-6-8-17(9-7-16)23(27)26(18-10-11-19(14-18)30-5)21-15-20(12-13-25(2,3)4)31-22(21)24(28)29/h15-19H,6-11,14H2,1-5H3,(H,28,29)/t16-,17-,18-,19-/m0/s1. The highest BCUT2D eigenvalue weighted by molar-refractivity contribution is 7.15. The molecule has 0 radical (unpaired) electrons. The van der Waals surface area contributed by atoms with Crippen molar-refractivity contribution in [3.8, 4) is 11.8 Å². The van der Waals surface area contributed by atoms with E-state index in [0.717, 1.165) is 44.9 Å². The molecule has 1 amide bonds. The van der Waals surface area contributed by atoms with Gasteiger partial charge >= 0.3 is 5.97 Å². The number of thiophene rings is 1. The van der Waals surface area contributed by atoms with Crippen LogP contribution >= 0.6 is 11.3 Å². The first kappa shape index (κ1) is 23.8. The quantitative estimate of drug-likeness (QED) is 0.602. The molecule has 0 spiro atoms. The van der Waals surface area contributed by atoms with Crippen LogP contribution in [0.25, 0.3) is 0 Å². The van der Waals surface area contributed by atoms with Crippen LogP contribution in [0.3, 0.4) is 0 Å². The number of hydrogen-bond acceptors (Lipinski definition) is 4. The van der Waals surface area contributed by atoms with Crippen LogP contribution in [0.15, 0.2) is 6.07 Å². The minimum atomic E-state index is -1.000. The van der Waals surface area contributed by atoms with Crippen molar-refractivity contribution in [3.05, 3.63) is 15.8 Å². The number of methoxy groups -OCH3 is 1. The highest BCUT2D eigenvalue weighted by Gasteiger charge is 2.39. The number of nitrogens with zero attached hydrogens (tertiary/aromatic N) is 1. The zero-order valence-electron chi connectivity index (χ0n) is 19.4. The number of hydrogen-bond donors (Lipinski definition) is 1. The van der Waals surface area contributed by atoms with Crippen LogP contribution in [0.2, 0.25) is 0 Å². The molecule has 0 bridgehead atoms. The van der Waals surface area contributed by atoms with E-state index in [1.807, 2.05) is 31.7 Å².